The molecule has 0 aliphatic heterocycles. The van der Waals surface area contributed by atoms with Gasteiger partial charge >= 0.3 is 0 Å². The van der Waals surface area contributed by atoms with Crippen LogP contribution in [0.3, 0.4) is 0 Å². The fraction of sp³-hybridized carbons (Fsp3) is 0.211. The van der Waals surface area contributed by atoms with E-state index in [4.69, 9.17) is 9.47 Å². The van der Waals surface area contributed by atoms with Crippen LogP contribution in [0, 0.1) is 11.3 Å². The molecule has 0 saturated heterocycles. The van der Waals surface area contributed by atoms with Crippen molar-refractivity contribution in [1.82, 2.24) is 0 Å². The van der Waals surface area contributed by atoms with Gasteiger partial charge in [-0.25, -0.2) is 0 Å². The van der Waals surface area contributed by atoms with Gasteiger partial charge < -0.3 is 9.47 Å². The lowest BCUT2D eigenvalue weighted by Crippen LogP contribution is -2.03. The number of hydrogen-bond donors (Lipinski definition) is 0. The van der Waals surface area contributed by atoms with Crippen LogP contribution in [-0.2, 0) is 13.0 Å². The van der Waals surface area contributed by atoms with E-state index < -0.39 is 0 Å². The molecule has 0 fully saturated rings. The second kappa shape index (κ2) is 8.40. The summed E-state index contributed by atoms with van der Waals surface area (Å²) in [6.45, 7) is 6.62. The highest BCUT2D eigenvalue weighted by molar-refractivity contribution is 9.10. The molecule has 2 aromatic carbocycles. The Balaban J connectivity index is 2.31. The molecule has 0 N–H and O–H groups in total. The van der Waals surface area contributed by atoms with Crippen LogP contribution in [-0.4, -0.2) is 6.61 Å². The van der Waals surface area contributed by atoms with Gasteiger partial charge in [0.25, 0.3) is 0 Å². The summed E-state index contributed by atoms with van der Waals surface area (Å²) < 4.78 is 12.7. The highest BCUT2D eigenvalue weighted by Gasteiger charge is 2.13. The summed E-state index contributed by atoms with van der Waals surface area (Å²) >= 11 is 3.42. The number of allylic oxidation sites excluding steroid dienone is 1. The van der Waals surface area contributed by atoms with E-state index in [-0.39, 0.29) is 0 Å². The van der Waals surface area contributed by atoms with Crippen LogP contribution in [0.25, 0.3) is 0 Å². The van der Waals surface area contributed by atoms with Gasteiger partial charge in [0, 0.05) is 16.1 Å². The highest BCUT2D eigenvalue weighted by Crippen LogP contribution is 2.34. The SMILES string of the molecule is C=CCc1cc(C#N)cc(OCC)c1OCc1ccc(Br)cc1. The third kappa shape index (κ3) is 4.61. The Labute approximate surface area is 145 Å². The number of hydrogen-bond acceptors (Lipinski definition) is 3. The van der Waals surface area contributed by atoms with Gasteiger partial charge in [0.15, 0.2) is 11.5 Å². The molecule has 23 heavy (non-hydrogen) atoms. The fourth-order valence-corrected chi connectivity index (χ4v) is 2.46. The average molecular weight is 372 g/mol. The third-order valence-corrected chi connectivity index (χ3v) is 3.75. The predicted octanol–water partition coefficient (Wildman–Crippen LogP) is 5.03. The Morgan fingerprint density at radius 2 is 1.96 bits per heavy atom. The van der Waals surface area contributed by atoms with Crippen LogP contribution in [0.2, 0.25) is 0 Å². The Hall–Kier alpha value is -2.25. The number of ether oxygens (including phenoxy) is 2. The van der Waals surface area contributed by atoms with E-state index >= 15 is 0 Å². The number of benzene rings is 2. The van der Waals surface area contributed by atoms with Crippen LogP contribution in [0.4, 0.5) is 0 Å². The molecule has 0 radical (unpaired) electrons. The minimum Gasteiger partial charge on any atom is -0.490 e. The zero-order valence-electron chi connectivity index (χ0n) is 13.0. The summed E-state index contributed by atoms with van der Waals surface area (Å²) in [5.74, 6) is 1.27. The summed E-state index contributed by atoms with van der Waals surface area (Å²) in [7, 11) is 0. The molecule has 2 aromatic rings. The Kier molecular flexibility index (Phi) is 6.25. The van der Waals surface area contributed by atoms with Gasteiger partial charge in [-0.05, 0) is 37.1 Å². The molecule has 0 aliphatic rings. The van der Waals surface area contributed by atoms with E-state index in [1.165, 1.54) is 0 Å². The maximum Gasteiger partial charge on any atom is 0.165 e. The van der Waals surface area contributed by atoms with Crippen LogP contribution >= 0.6 is 15.9 Å². The average Bonchev–Trinajstić information content (AvgIpc) is 2.56. The topological polar surface area (TPSA) is 42.2 Å². The largest absolute Gasteiger partial charge is 0.490 e. The van der Waals surface area contributed by atoms with Crippen molar-refractivity contribution >= 4 is 15.9 Å². The van der Waals surface area contributed by atoms with Gasteiger partial charge in [-0.2, -0.15) is 5.26 Å². The molecule has 0 heterocycles. The smallest absolute Gasteiger partial charge is 0.165 e. The quantitative estimate of drug-likeness (QED) is 0.641. The number of rotatable bonds is 7. The molecule has 0 atom stereocenters. The normalized spacial score (nSPS) is 9.96. The molecule has 4 heteroatoms. The summed E-state index contributed by atoms with van der Waals surface area (Å²) in [4.78, 5) is 0. The van der Waals surface area contributed by atoms with Crippen molar-refractivity contribution in [1.29, 1.82) is 5.26 Å². The molecule has 0 bridgehead atoms. The Morgan fingerprint density at radius 1 is 1.22 bits per heavy atom. The van der Waals surface area contributed by atoms with Crippen molar-refractivity contribution < 1.29 is 9.47 Å². The summed E-state index contributed by atoms with van der Waals surface area (Å²) in [6.07, 6.45) is 2.41. The molecule has 0 amide bonds. The van der Waals surface area contributed by atoms with Crippen molar-refractivity contribution in [2.75, 3.05) is 6.61 Å². The lowest BCUT2D eigenvalue weighted by Gasteiger charge is -2.16. The third-order valence-electron chi connectivity index (χ3n) is 3.22. The van der Waals surface area contributed by atoms with E-state index in [0.717, 1.165) is 15.6 Å². The summed E-state index contributed by atoms with van der Waals surface area (Å²) in [5.41, 5.74) is 2.52. The molecule has 118 valence electrons. The zero-order valence-corrected chi connectivity index (χ0v) is 14.6. The van der Waals surface area contributed by atoms with Gasteiger partial charge in [-0.1, -0.05) is 34.1 Å². The second-order valence-corrected chi connectivity index (χ2v) is 5.83. The van der Waals surface area contributed by atoms with Crippen LogP contribution in [0.15, 0.2) is 53.5 Å². The zero-order chi connectivity index (χ0) is 16.7. The Bertz CT molecular complexity index is 717. The Morgan fingerprint density at radius 3 is 2.57 bits per heavy atom. The van der Waals surface area contributed by atoms with Crippen molar-refractivity contribution in [2.24, 2.45) is 0 Å². The number of nitriles is 1. The first-order valence-corrected chi connectivity index (χ1v) is 8.15. The number of nitrogens with zero attached hydrogens (tertiary/aromatic N) is 1. The summed E-state index contributed by atoms with van der Waals surface area (Å²) in [6, 6.07) is 13.7. The van der Waals surface area contributed by atoms with Gasteiger partial charge in [0.2, 0.25) is 0 Å². The van der Waals surface area contributed by atoms with E-state index in [2.05, 4.69) is 28.6 Å². The van der Waals surface area contributed by atoms with E-state index in [1.54, 1.807) is 12.1 Å². The van der Waals surface area contributed by atoms with Gasteiger partial charge in [0.1, 0.15) is 6.61 Å². The summed E-state index contributed by atoms with van der Waals surface area (Å²) in [5, 5.41) is 9.17. The van der Waals surface area contributed by atoms with Crippen molar-refractivity contribution in [3.05, 3.63) is 70.2 Å². The van der Waals surface area contributed by atoms with Crippen LogP contribution < -0.4 is 9.47 Å². The molecule has 0 aromatic heterocycles. The standard InChI is InChI=1S/C19H18BrNO2/c1-3-5-16-10-15(12-21)11-18(22-4-2)19(16)23-13-14-6-8-17(20)9-7-14/h3,6-11H,1,4-5,13H2,2H3. The first-order chi connectivity index (χ1) is 11.2. The van der Waals surface area contributed by atoms with E-state index in [0.29, 0.717) is 36.7 Å². The van der Waals surface area contributed by atoms with Crippen LogP contribution in [0.5, 0.6) is 11.5 Å². The maximum absolute atomic E-state index is 9.17. The monoisotopic (exact) mass is 371 g/mol. The predicted molar refractivity (Wildman–Crippen MR) is 94.7 cm³/mol. The maximum atomic E-state index is 9.17. The molecular weight excluding hydrogens is 354 g/mol. The highest BCUT2D eigenvalue weighted by atomic mass is 79.9. The van der Waals surface area contributed by atoms with Crippen molar-refractivity contribution in [3.8, 4) is 17.6 Å². The van der Waals surface area contributed by atoms with Crippen LogP contribution in [0.1, 0.15) is 23.6 Å². The minimum atomic E-state index is 0.434. The molecule has 0 aliphatic carbocycles. The lowest BCUT2D eigenvalue weighted by molar-refractivity contribution is 0.267. The van der Waals surface area contributed by atoms with Gasteiger partial charge in [-0.15, -0.1) is 6.58 Å². The van der Waals surface area contributed by atoms with Crippen molar-refractivity contribution in [2.45, 2.75) is 20.0 Å². The second-order valence-electron chi connectivity index (χ2n) is 4.92. The first kappa shape index (κ1) is 17.1. The first-order valence-electron chi connectivity index (χ1n) is 7.35. The van der Waals surface area contributed by atoms with Gasteiger partial charge in [-0.3, -0.25) is 0 Å². The molecule has 3 nitrogen and oxygen atoms in total. The molecule has 0 unspecified atom stereocenters. The van der Waals surface area contributed by atoms with Crippen molar-refractivity contribution in [3.63, 3.8) is 0 Å². The molecule has 0 spiro atoms. The minimum absolute atomic E-state index is 0.434. The van der Waals surface area contributed by atoms with Gasteiger partial charge in [0.05, 0.1) is 18.2 Å². The molecule has 0 saturated carbocycles. The number of halogens is 1. The van der Waals surface area contributed by atoms with E-state index in [9.17, 15) is 5.26 Å². The fourth-order valence-electron chi connectivity index (χ4n) is 2.19. The molecular formula is C19H18BrNO2. The molecule has 2 rings (SSSR count). The lowest BCUT2D eigenvalue weighted by atomic mass is 10.1. The van der Waals surface area contributed by atoms with E-state index in [1.807, 2.05) is 37.3 Å².